The Morgan fingerprint density at radius 2 is 1.67 bits per heavy atom. The quantitative estimate of drug-likeness (QED) is 0.552. The average molecular weight is 458 g/mol. The minimum atomic E-state index is -0.139. The first kappa shape index (κ1) is 24.7. The molecule has 3 rings (SSSR count). The molecule has 0 aromatic heterocycles. The number of nitrogens with one attached hydrogen (secondary N) is 1. The molecule has 0 atom stereocenters. The number of carbonyl (C=O) groups is 1. The predicted molar refractivity (Wildman–Crippen MR) is 127 cm³/mol. The minimum absolute atomic E-state index is 0.00337. The van der Waals surface area contributed by atoms with Gasteiger partial charge in [0.25, 0.3) is 0 Å². The fourth-order valence-corrected chi connectivity index (χ4v) is 4.37. The SMILES string of the molecule is CCOc1ccc(C2(CNC(=O)CCc3ccc(OC)c(OC)c3OC)CCOCC2)cc1. The van der Waals surface area contributed by atoms with E-state index in [1.807, 2.05) is 31.2 Å². The lowest BCUT2D eigenvalue weighted by Crippen LogP contribution is -2.44. The first-order valence-electron chi connectivity index (χ1n) is 11.4. The molecule has 0 aliphatic carbocycles. The highest BCUT2D eigenvalue weighted by molar-refractivity contribution is 5.76. The first-order valence-corrected chi connectivity index (χ1v) is 11.4. The highest BCUT2D eigenvalue weighted by atomic mass is 16.5. The number of rotatable bonds is 11. The zero-order valence-corrected chi connectivity index (χ0v) is 20.1. The van der Waals surface area contributed by atoms with E-state index in [0.29, 0.717) is 56.5 Å². The molecule has 0 spiro atoms. The Labute approximate surface area is 196 Å². The van der Waals surface area contributed by atoms with Gasteiger partial charge in [-0.1, -0.05) is 18.2 Å². The lowest BCUT2D eigenvalue weighted by Gasteiger charge is -2.38. The van der Waals surface area contributed by atoms with Crippen molar-refractivity contribution in [3.63, 3.8) is 0 Å². The summed E-state index contributed by atoms with van der Waals surface area (Å²) in [5.41, 5.74) is 1.97. The van der Waals surface area contributed by atoms with E-state index in [1.165, 1.54) is 5.56 Å². The van der Waals surface area contributed by atoms with Gasteiger partial charge in [0.15, 0.2) is 11.5 Å². The Morgan fingerprint density at radius 1 is 0.970 bits per heavy atom. The molecule has 180 valence electrons. The van der Waals surface area contributed by atoms with Gasteiger partial charge in [0.05, 0.1) is 27.9 Å². The van der Waals surface area contributed by atoms with Crippen molar-refractivity contribution in [2.75, 3.05) is 47.7 Å². The number of hydrogen-bond acceptors (Lipinski definition) is 6. The van der Waals surface area contributed by atoms with Crippen molar-refractivity contribution >= 4 is 5.91 Å². The van der Waals surface area contributed by atoms with E-state index in [4.69, 9.17) is 23.7 Å². The number of amides is 1. The fourth-order valence-electron chi connectivity index (χ4n) is 4.37. The van der Waals surface area contributed by atoms with Crippen molar-refractivity contribution in [3.05, 3.63) is 47.5 Å². The molecule has 0 saturated carbocycles. The lowest BCUT2D eigenvalue weighted by atomic mass is 9.74. The van der Waals surface area contributed by atoms with Gasteiger partial charge in [-0.2, -0.15) is 0 Å². The van der Waals surface area contributed by atoms with Crippen LogP contribution in [0.3, 0.4) is 0 Å². The second-order valence-electron chi connectivity index (χ2n) is 8.12. The van der Waals surface area contributed by atoms with Crippen molar-refractivity contribution in [1.29, 1.82) is 0 Å². The molecule has 1 saturated heterocycles. The summed E-state index contributed by atoms with van der Waals surface area (Å²) in [5, 5.41) is 3.17. The normalized spacial score (nSPS) is 14.9. The summed E-state index contributed by atoms with van der Waals surface area (Å²) in [6.07, 6.45) is 2.62. The van der Waals surface area contributed by atoms with Crippen molar-refractivity contribution in [3.8, 4) is 23.0 Å². The van der Waals surface area contributed by atoms with E-state index >= 15 is 0 Å². The Morgan fingerprint density at radius 3 is 2.27 bits per heavy atom. The maximum Gasteiger partial charge on any atom is 0.220 e. The molecule has 1 aliphatic rings. The Kier molecular flexibility index (Phi) is 8.83. The number of methoxy groups -OCH3 is 3. The van der Waals surface area contributed by atoms with Crippen LogP contribution in [0.25, 0.3) is 0 Å². The third-order valence-corrected chi connectivity index (χ3v) is 6.26. The van der Waals surface area contributed by atoms with E-state index in [0.717, 1.165) is 24.2 Å². The minimum Gasteiger partial charge on any atom is -0.494 e. The van der Waals surface area contributed by atoms with Gasteiger partial charge in [0.1, 0.15) is 5.75 Å². The van der Waals surface area contributed by atoms with Crippen LogP contribution in [0.4, 0.5) is 0 Å². The van der Waals surface area contributed by atoms with E-state index in [1.54, 1.807) is 21.3 Å². The van der Waals surface area contributed by atoms with E-state index in [-0.39, 0.29) is 11.3 Å². The molecule has 7 heteroatoms. The van der Waals surface area contributed by atoms with Crippen LogP contribution in [0.2, 0.25) is 0 Å². The summed E-state index contributed by atoms with van der Waals surface area (Å²) < 4.78 is 27.5. The molecule has 2 aromatic rings. The zero-order valence-electron chi connectivity index (χ0n) is 20.1. The van der Waals surface area contributed by atoms with Crippen molar-refractivity contribution in [1.82, 2.24) is 5.32 Å². The summed E-state index contributed by atoms with van der Waals surface area (Å²) in [6.45, 7) is 4.56. The van der Waals surface area contributed by atoms with Gasteiger partial charge in [-0.25, -0.2) is 0 Å². The summed E-state index contributed by atoms with van der Waals surface area (Å²) in [6, 6.07) is 12.0. The van der Waals surface area contributed by atoms with Crippen molar-refractivity contribution in [2.24, 2.45) is 0 Å². The number of benzene rings is 2. The van der Waals surface area contributed by atoms with Crippen LogP contribution in [0.1, 0.15) is 37.3 Å². The molecule has 0 radical (unpaired) electrons. The van der Waals surface area contributed by atoms with Crippen molar-refractivity contribution in [2.45, 2.75) is 38.0 Å². The largest absolute Gasteiger partial charge is 0.494 e. The fraction of sp³-hybridized carbons (Fsp3) is 0.500. The maximum absolute atomic E-state index is 12.8. The summed E-state index contributed by atoms with van der Waals surface area (Å²) in [5.74, 6) is 2.59. The third kappa shape index (κ3) is 5.90. The van der Waals surface area contributed by atoms with Crippen LogP contribution in [0, 0.1) is 0 Å². The number of aryl methyl sites for hydroxylation is 1. The molecule has 0 unspecified atom stereocenters. The zero-order chi connectivity index (χ0) is 23.7. The van der Waals surface area contributed by atoms with Crippen LogP contribution in [-0.4, -0.2) is 53.6 Å². The molecule has 1 amide bonds. The topological polar surface area (TPSA) is 75.3 Å². The predicted octanol–water partition coefficient (Wildman–Crippen LogP) is 3.91. The average Bonchev–Trinajstić information content (AvgIpc) is 2.86. The monoisotopic (exact) mass is 457 g/mol. The molecular formula is C26H35NO6. The summed E-state index contributed by atoms with van der Waals surface area (Å²) in [4.78, 5) is 12.8. The van der Waals surface area contributed by atoms with E-state index in [2.05, 4.69) is 17.4 Å². The third-order valence-electron chi connectivity index (χ3n) is 6.26. The van der Waals surface area contributed by atoms with E-state index < -0.39 is 0 Å². The highest BCUT2D eigenvalue weighted by Crippen LogP contribution is 2.40. The molecular weight excluding hydrogens is 422 g/mol. The second kappa shape index (κ2) is 11.8. The highest BCUT2D eigenvalue weighted by Gasteiger charge is 2.35. The Hall–Kier alpha value is -2.93. The van der Waals surface area contributed by atoms with Crippen LogP contribution < -0.4 is 24.3 Å². The van der Waals surface area contributed by atoms with Crippen LogP contribution in [0.5, 0.6) is 23.0 Å². The van der Waals surface area contributed by atoms with Gasteiger partial charge in [-0.15, -0.1) is 0 Å². The molecule has 2 aromatic carbocycles. The maximum atomic E-state index is 12.8. The molecule has 1 fully saturated rings. The molecule has 33 heavy (non-hydrogen) atoms. The van der Waals surface area contributed by atoms with Crippen molar-refractivity contribution < 1.29 is 28.5 Å². The number of ether oxygens (including phenoxy) is 5. The molecule has 1 aliphatic heterocycles. The summed E-state index contributed by atoms with van der Waals surface area (Å²) in [7, 11) is 4.75. The molecule has 0 bridgehead atoms. The number of carbonyl (C=O) groups excluding carboxylic acids is 1. The van der Waals surface area contributed by atoms with Crippen LogP contribution >= 0.6 is 0 Å². The van der Waals surface area contributed by atoms with E-state index in [9.17, 15) is 4.79 Å². The van der Waals surface area contributed by atoms with Crippen LogP contribution in [-0.2, 0) is 21.4 Å². The van der Waals surface area contributed by atoms with Gasteiger partial charge >= 0.3 is 0 Å². The van der Waals surface area contributed by atoms with Gasteiger partial charge in [-0.3, -0.25) is 4.79 Å². The van der Waals surface area contributed by atoms with Gasteiger partial charge in [0, 0.05) is 31.6 Å². The molecule has 7 nitrogen and oxygen atoms in total. The van der Waals surface area contributed by atoms with Gasteiger partial charge in [-0.05, 0) is 55.5 Å². The second-order valence-corrected chi connectivity index (χ2v) is 8.12. The smallest absolute Gasteiger partial charge is 0.220 e. The van der Waals surface area contributed by atoms with Gasteiger partial charge in [0.2, 0.25) is 11.7 Å². The first-order chi connectivity index (χ1) is 16.1. The number of hydrogen-bond donors (Lipinski definition) is 1. The molecule has 1 heterocycles. The standard InChI is InChI=1S/C26H35NO6/c1-5-33-21-10-8-20(9-11-21)26(14-16-32-17-15-26)18-27-23(28)13-7-19-6-12-22(29-2)25(31-4)24(19)30-3/h6,8-12H,5,7,13-18H2,1-4H3,(H,27,28). The lowest BCUT2D eigenvalue weighted by molar-refractivity contribution is -0.121. The molecule has 1 N–H and O–H groups in total. The van der Waals surface area contributed by atoms with Crippen LogP contribution in [0.15, 0.2) is 36.4 Å². The van der Waals surface area contributed by atoms with Gasteiger partial charge < -0.3 is 29.0 Å². The Bertz CT molecular complexity index is 906. The summed E-state index contributed by atoms with van der Waals surface area (Å²) >= 11 is 0. The Balaban J connectivity index is 1.66.